The Hall–Kier alpha value is -1.69. The average Bonchev–Trinajstić information content (AvgIpc) is 2.30. The van der Waals surface area contributed by atoms with Gasteiger partial charge in [-0.15, -0.1) is 0 Å². The SMILES string of the molecule is CC(CC(=O)C(C#N)c1ccncc1)C(C)(C)C. The van der Waals surface area contributed by atoms with Gasteiger partial charge in [-0.1, -0.05) is 27.7 Å². The van der Waals surface area contributed by atoms with Crippen molar-refractivity contribution in [3.63, 3.8) is 0 Å². The van der Waals surface area contributed by atoms with Crippen LogP contribution in [0.4, 0.5) is 0 Å². The van der Waals surface area contributed by atoms with Crippen molar-refractivity contribution in [1.29, 1.82) is 5.26 Å². The first-order chi connectivity index (χ1) is 8.36. The molecule has 0 fully saturated rings. The van der Waals surface area contributed by atoms with Gasteiger partial charge in [0.1, 0.15) is 5.92 Å². The van der Waals surface area contributed by atoms with Crippen LogP contribution in [0.5, 0.6) is 0 Å². The first-order valence-electron chi connectivity index (χ1n) is 6.18. The van der Waals surface area contributed by atoms with Crippen LogP contribution in [0.25, 0.3) is 0 Å². The Bertz CT molecular complexity index is 440. The Kier molecular flexibility index (Phi) is 4.61. The molecule has 2 unspecified atom stereocenters. The quantitative estimate of drug-likeness (QED) is 0.816. The van der Waals surface area contributed by atoms with Crippen LogP contribution in [0.2, 0.25) is 0 Å². The van der Waals surface area contributed by atoms with E-state index in [1.54, 1.807) is 24.5 Å². The van der Waals surface area contributed by atoms with Crippen molar-refractivity contribution >= 4 is 5.78 Å². The van der Waals surface area contributed by atoms with E-state index in [1.165, 1.54) is 0 Å². The molecule has 0 spiro atoms. The van der Waals surface area contributed by atoms with Crippen molar-refractivity contribution in [2.24, 2.45) is 11.3 Å². The zero-order valence-electron chi connectivity index (χ0n) is 11.5. The fraction of sp³-hybridized carbons (Fsp3) is 0.533. The van der Waals surface area contributed by atoms with Crippen LogP contribution >= 0.6 is 0 Å². The molecule has 2 atom stereocenters. The maximum Gasteiger partial charge on any atom is 0.154 e. The van der Waals surface area contributed by atoms with Gasteiger partial charge < -0.3 is 0 Å². The van der Waals surface area contributed by atoms with Crippen LogP contribution in [0, 0.1) is 22.7 Å². The number of hydrogen-bond donors (Lipinski definition) is 0. The van der Waals surface area contributed by atoms with E-state index < -0.39 is 5.92 Å². The number of aromatic nitrogens is 1. The lowest BCUT2D eigenvalue weighted by Gasteiger charge is -2.27. The lowest BCUT2D eigenvalue weighted by atomic mass is 9.77. The van der Waals surface area contributed by atoms with Crippen LogP contribution in [0.15, 0.2) is 24.5 Å². The van der Waals surface area contributed by atoms with E-state index in [0.717, 1.165) is 5.56 Å². The number of carbonyl (C=O) groups is 1. The standard InChI is InChI=1S/C15H20N2O/c1-11(15(2,3)4)9-14(18)13(10-16)12-5-7-17-8-6-12/h5-8,11,13H,9H2,1-4H3. The van der Waals surface area contributed by atoms with Gasteiger partial charge in [0, 0.05) is 18.8 Å². The third kappa shape index (κ3) is 3.66. The molecule has 1 heterocycles. The largest absolute Gasteiger partial charge is 0.298 e. The zero-order chi connectivity index (χ0) is 13.8. The second kappa shape index (κ2) is 5.77. The molecule has 0 saturated carbocycles. The van der Waals surface area contributed by atoms with Crippen molar-refractivity contribution in [3.8, 4) is 6.07 Å². The molecule has 0 amide bonds. The average molecular weight is 244 g/mol. The highest BCUT2D eigenvalue weighted by Crippen LogP contribution is 2.30. The molecule has 3 nitrogen and oxygen atoms in total. The van der Waals surface area contributed by atoms with Gasteiger partial charge in [0.15, 0.2) is 5.78 Å². The van der Waals surface area contributed by atoms with Crippen LogP contribution in [0.3, 0.4) is 0 Å². The number of nitrogens with zero attached hydrogens (tertiary/aromatic N) is 2. The lowest BCUT2D eigenvalue weighted by Crippen LogP contribution is -2.23. The molecule has 0 bridgehead atoms. The first-order valence-corrected chi connectivity index (χ1v) is 6.18. The maximum absolute atomic E-state index is 12.2. The highest BCUT2D eigenvalue weighted by Gasteiger charge is 2.27. The molecule has 0 aliphatic rings. The summed E-state index contributed by atoms with van der Waals surface area (Å²) in [6, 6.07) is 5.56. The van der Waals surface area contributed by atoms with Crippen molar-refractivity contribution in [2.75, 3.05) is 0 Å². The number of carbonyl (C=O) groups excluding carboxylic acids is 1. The van der Waals surface area contributed by atoms with Crippen molar-refractivity contribution < 1.29 is 4.79 Å². The molecule has 1 rings (SSSR count). The van der Waals surface area contributed by atoms with E-state index >= 15 is 0 Å². The molecule has 18 heavy (non-hydrogen) atoms. The van der Waals surface area contributed by atoms with E-state index in [0.29, 0.717) is 6.42 Å². The monoisotopic (exact) mass is 244 g/mol. The Morgan fingerprint density at radius 2 is 1.94 bits per heavy atom. The molecule has 96 valence electrons. The molecule has 0 aliphatic carbocycles. The maximum atomic E-state index is 12.2. The summed E-state index contributed by atoms with van der Waals surface area (Å²) in [4.78, 5) is 16.1. The fourth-order valence-electron chi connectivity index (χ4n) is 1.61. The molecule has 3 heteroatoms. The van der Waals surface area contributed by atoms with E-state index in [4.69, 9.17) is 0 Å². The van der Waals surface area contributed by atoms with Crippen LogP contribution < -0.4 is 0 Å². The number of ketones is 1. The van der Waals surface area contributed by atoms with Gasteiger partial charge >= 0.3 is 0 Å². The van der Waals surface area contributed by atoms with E-state index in [-0.39, 0.29) is 17.1 Å². The minimum Gasteiger partial charge on any atom is -0.298 e. The predicted molar refractivity (Wildman–Crippen MR) is 70.8 cm³/mol. The molecule has 0 saturated heterocycles. The van der Waals surface area contributed by atoms with E-state index in [2.05, 4.69) is 38.7 Å². The van der Waals surface area contributed by atoms with Gasteiger partial charge in [0.25, 0.3) is 0 Å². The summed E-state index contributed by atoms with van der Waals surface area (Å²) in [6.45, 7) is 8.38. The Balaban J connectivity index is 2.80. The van der Waals surface area contributed by atoms with E-state index in [1.807, 2.05) is 0 Å². The molecular formula is C15H20N2O. The van der Waals surface area contributed by atoms with Gasteiger partial charge in [-0.05, 0) is 29.0 Å². The van der Waals surface area contributed by atoms with Crippen molar-refractivity contribution in [2.45, 2.75) is 40.0 Å². The molecule has 1 aromatic heterocycles. The number of pyridine rings is 1. The third-order valence-electron chi connectivity index (χ3n) is 3.48. The second-order valence-electron chi connectivity index (χ2n) is 5.78. The first kappa shape index (κ1) is 14.4. The number of Topliss-reactive ketones (excluding diaryl/α,β-unsaturated/α-hetero) is 1. The van der Waals surface area contributed by atoms with Gasteiger partial charge in [-0.2, -0.15) is 5.26 Å². The molecule has 0 N–H and O–H groups in total. The van der Waals surface area contributed by atoms with Gasteiger partial charge in [-0.25, -0.2) is 0 Å². The van der Waals surface area contributed by atoms with Gasteiger partial charge in [-0.3, -0.25) is 9.78 Å². The summed E-state index contributed by atoms with van der Waals surface area (Å²) >= 11 is 0. The molecule has 0 aliphatic heterocycles. The van der Waals surface area contributed by atoms with Crippen LogP contribution in [-0.4, -0.2) is 10.8 Å². The number of rotatable bonds is 4. The molecular weight excluding hydrogens is 224 g/mol. The highest BCUT2D eigenvalue weighted by atomic mass is 16.1. The van der Waals surface area contributed by atoms with Crippen LogP contribution in [0.1, 0.15) is 45.6 Å². The smallest absolute Gasteiger partial charge is 0.154 e. The minimum absolute atomic E-state index is 0.00822. The lowest BCUT2D eigenvalue weighted by molar-refractivity contribution is -0.120. The second-order valence-corrected chi connectivity index (χ2v) is 5.78. The Morgan fingerprint density at radius 3 is 2.39 bits per heavy atom. The summed E-state index contributed by atoms with van der Waals surface area (Å²) in [6.07, 6.45) is 3.66. The summed E-state index contributed by atoms with van der Waals surface area (Å²) < 4.78 is 0. The topological polar surface area (TPSA) is 53.8 Å². The van der Waals surface area contributed by atoms with Crippen molar-refractivity contribution in [3.05, 3.63) is 30.1 Å². The van der Waals surface area contributed by atoms with E-state index in [9.17, 15) is 10.1 Å². The summed E-state index contributed by atoms with van der Waals surface area (Å²) in [5, 5.41) is 9.17. The third-order valence-corrected chi connectivity index (χ3v) is 3.48. The van der Waals surface area contributed by atoms with Gasteiger partial charge in [0.05, 0.1) is 6.07 Å². The Morgan fingerprint density at radius 1 is 1.39 bits per heavy atom. The fourth-order valence-corrected chi connectivity index (χ4v) is 1.61. The molecule has 0 radical (unpaired) electrons. The molecule has 1 aromatic rings. The highest BCUT2D eigenvalue weighted by molar-refractivity contribution is 5.88. The summed E-state index contributed by atoms with van der Waals surface area (Å²) in [5.41, 5.74) is 0.812. The summed E-state index contributed by atoms with van der Waals surface area (Å²) in [5.74, 6) is -0.424. The number of hydrogen-bond acceptors (Lipinski definition) is 3. The van der Waals surface area contributed by atoms with Crippen LogP contribution in [-0.2, 0) is 4.79 Å². The molecule has 0 aromatic carbocycles. The zero-order valence-corrected chi connectivity index (χ0v) is 11.5. The van der Waals surface area contributed by atoms with Crippen molar-refractivity contribution in [1.82, 2.24) is 4.98 Å². The minimum atomic E-state index is -0.669. The normalized spacial score (nSPS) is 14.6. The Labute approximate surface area is 109 Å². The van der Waals surface area contributed by atoms with Gasteiger partial charge in [0.2, 0.25) is 0 Å². The number of nitriles is 1. The predicted octanol–water partition coefficient (Wildman–Crippen LogP) is 3.33. The summed E-state index contributed by atoms with van der Waals surface area (Å²) in [7, 11) is 0.